The minimum absolute atomic E-state index is 0.0857. The molecule has 1 unspecified atom stereocenters. The van der Waals surface area contributed by atoms with Crippen molar-refractivity contribution in [2.75, 3.05) is 26.5 Å². The second kappa shape index (κ2) is 3.72. The summed E-state index contributed by atoms with van der Waals surface area (Å²) in [7, 11) is 0.0185. The zero-order chi connectivity index (χ0) is 9.19. The molecule has 0 amide bonds. The molecule has 1 atom stereocenters. The molecule has 0 aromatic carbocycles. The summed E-state index contributed by atoms with van der Waals surface area (Å²) in [4.78, 5) is 0. The SMILES string of the molecule is CN(C)S(=O)(=O)CC1CCCO1. The highest BCUT2D eigenvalue weighted by molar-refractivity contribution is 7.89. The Balaban J connectivity index is 2.49. The molecule has 1 saturated heterocycles. The van der Waals surface area contributed by atoms with Crippen LogP contribution in [0, 0.1) is 0 Å². The van der Waals surface area contributed by atoms with Gasteiger partial charge in [0.05, 0.1) is 11.9 Å². The molecule has 0 spiro atoms. The van der Waals surface area contributed by atoms with Crippen molar-refractivity contribution in [3.8, 4) is 0 Å². The average Bonchev–Trinajstić information content (AvgIpc) is 2.38. The Morgan fingerprint density at radius 1 is 1.50 bits per heavy atom. The number of rotatable bonds is 3. The molecule has 72 valence electrons. The van der Waals surface area contributed by atoms with Gasteiger partial charge in [-0.05, 0) is 12.8 Å². The van der Waals surface area contributed by atoms with Crippen molar-refractivity contribution in [2.45, 2.75) is 18.9 Å². The van der Waals surface area contributed by atoms with Gasteiger partial charge in [-0.1, -0.05) is 0 Å². The lowest BCUT2D eigenvalue weighted by atomic mass is 10.3. The Morgan fingerprint density at radius 2 is 2.17 bits per heavy atom. The first-order valence-electron chi connectivity index (χ1n) is 4.04. The van der Waals surface area contributed by atoms with Crippen molar-refractivity contribution in [1.29, 1.82) is 0 Å². The molecular formula is C7H15NO3S. The van der Waals surface area contributed by atoms with E-state index in [2.05, 4.69) is 0 Å². The van der Waals surface area contributed by atoms with E-state index in [0.717, 1.165) is 12.8 Å². The number of nitrogens with zero attached hydrogens (tertiary/aromatic N) is 1. The van der Waals surface area contributed by atoms with Crippen LogP contribution in [0.2, 0.25) is 0 Å². The predicted molar refractivity (Wildman–Crippen MR) is 46.4 cm³/mol. The molecule has 0 saturated carbocycles. The minimum atomic E-state index is -3.07. The Morgan fingerprint density at radius 3 is 2.58 bits per heavy atom. The Kier molecular flexibility index (Phi) is 3.09. The van der Waals surface area contributed by atoms with E-state index >= 15 is 0 Å². The summed E-state index contributed by atoms with van der Waals surface area (Å²) in [5.41, 5.74) is 0. The lowest BCUT2D eigenvalue weighted by Crippen LogP contribution is -2.30. The second-order valence-electron chi connectivity index (χ2n) is 3.20. The largest absolute Gasteiger partial charge is 0.377 e. The molecule has 1 aliphatic heterocycles. The average molecular weight is 193 g/mol. The summed E-state index contributed by atoms with van der Waals surface area (Å²) in [6, 6.07) is 0. The fraction of sp³-hybridized carbons (Fsp3) is 1.00. The van der Waals surface area contributed by atoms with Gasteiger partial charge >= 0.3 is 0 Å². The van der Waals surface area contributed by atoms with Gasteiger partial charge in [0.15, 0.2) is 0 Å². The molecule has 1 aliphatic rings. The summed E-state index contributed by atoms with van der Waals surface area (Å²) < 4.78 is 29.1. The van der Waals surface area contributed by atoms with E-state index in [1.165, 1.54) is 4.31 Å². The van der Waals surface area contributed by atoms with Crippen LogP contribution in [0.25, 0.3) is 0 Å². The van der Waals surface area contributed by atoms with Crippen LogP contribution in [0.5, 0.6) is 0 Å². The van der Waals surface area contributed by atoms with Gasteiger partial charge in [0.2, 0.25) is 10.0 Å². The van der Waals surface area contributed by atoms with Gasteiger partial charge < -0.3 is 4.74 Å². The summed E-state index contributed by atoms with van der Waals surface area (Å²) in [5.74, 6) is 0.125. The fourth-order valence-electron chi connectivity index (χ4n) is 1.16. The van der Waals surface area contributed by atoms with Crippen LogP contribution < -0.4 is 0 Å². The van der Waals surface area contributed by atoms with Crippen LogP contribution in [-0.2, 0) is 14.8 Å². The molecule has 0 N–H and O–H groups in total. The number of ether oxygens (including phenoxy) is 1. The van der Waals surface area contributed by atoms with Crippen LogP contribution in [0.3, 0.4) is 0 Å². The standard InChI is InChI=1S/C7H15NO3S/c1-8(2)12(9,10)6-7-4-3-5-11-7/h7H,3-6H2,1-2H3. The van der Waals surface area contributed by atoms with Gasteiger partial charge in [0.1, 0.15) is 0 Å². The topological polar surface area (TPSA) is 46.6 Å². The first kappa shape index (κ1) is 9.95. The summed E-state index contributed by atoms with van der Waals surface area (Å²) in [6.07, 6.45) is 1.76. The smallest absolute Gasteiger partial charge is 0.216 e. The van der Waals surface area contributed by atoms with E-state index in [1.54, 1.807) is 14.1 Å². The van der Waals surface area contributed by atoms with E-state index < -0.39 is 10.0 Å². The van der Waals surface area contributed by atoms with E-state index in [1.807, 2.05) is 0 Å². The number of sulfonamides is 1. The monoisotopic (exact) mass is 193 g/mol. The van der Waals surface area contributed by atoms with Gasteiger partial charge in [-0.25, -0.2) is 12.7 Å². The highest BCUT2D eigenvalue weighted by Gasteiger charge is 2.24. The van der Waals surface area contributed by atoms with E-state index in [-0.39, 0.29) is 11.9 Å². The summed E-state index contributed by atoms with van der Waals surface area (Å²) in [5, 5.41) is 0. The molecule has 1 rings (SSSR count). The first-order chi connectivity index (χ1) is 5.52. The minimum Gasteiger partial charge on any atom is -0.377 e. The molecule has 0 aromatic heterocycles. The van der Waals surface area contributed by atoms with Crippen LogP contribution in [-0.4, -0.2) is 45.3 Å². The normalized spacial score (nSPS) is 25.1. The number of hydrogen-bond acceptors (Lipinski definition) is 3. The van der Waals surface area contributed by atoms with Crippen LogP contribution in [0.15, 0.2) is 0 Å². The zero-order valence-electron chi connectivity index (χ0n) is 7.49. The highest BCUT2D eigenvalue weighted by atomic mass is 32.2. The van der Waals surface area contributed by atoms with Gasteiger partial charge in [0.25, 0.3) is 0 Å². The van der Waals surface area contributed by atoms with Crippen molar-refractivity contribution in [3.05, 3.63) is 0 Å². The maximum Gasteiger partial charge on any atom is 0.216 e. The predicted octanol–water partition coefficient (Wildman–Crippen LogP) is 0.0568. The van der Waals surface area contributed by atoms with Crippen molar-refractivity contribution >= 4 is 10.0 Å². The van der Waals surface area contributed by atoms with Crippen molar-refractivity contribution in [1.82, 2.24) is 4.31 Å². The molecule has 5 heteroatoms. The third kappa shape index (κ3) is 2.43. The highest BCUT2D eigenvalue weighted by Crippen LogP contribution is 2.14. The van der Waals surface area contributed by atoms with Crippen molar-refractivity contribution < 1.29 is 13.2 Å². The zero-order valence-corrected chi connectivity index (χ0v) is 8.30. The van der Waals surface area contributed by atoms with Crippen molar-refractivity contribution in [2.24, 2.45) is 0 Å². The molecule has 12 heavy (non-hydrogen) atoms. The van der Waals surface area contributed by atoms with E-state index in [9.17, 15) is 8.42 Å². The van der Waals surface area contributed by atoms with Gasteiger partial charge in [-0.3, -0.25) is 0 Å². The maximum absolute atomic E-state index is 11.3. The first-order valence-corrected chi connectivity index (χ1v) is 5.65. The third-order valence-corrected chi connectivity index (χ3v) is 3.88. The summed E-state index contributed by atoms with van der Waals surface area (Å²) in [6.45, 7) is 0.702. The lowest BCUT2D eigenvalue weighted by Gasteiger charge is -2.14. The van der Waals surface area contributed by atoms with E-state index in [4.69, 9.17) is 4.74 Å². The Hall–Kier alpha value is -0.130. The third-order valence-electron chi connectivity index (χ3n) is 1.98. The van der Waals surface area contributed by atoms with Crippen LogP contribution in [0.1, 0.15) is 12.8 Å². The number of hydrogen-bond donors (Lipinski definition) is 0. The molecule has 1 heterocycles. The Labute approximate surface area is 73.6 Å². The molecule has 4 nitrogen and oxygen atoms in total. The molecule has 0 radical (unpaired) electrons. The Bertz CT molecular complexity index is 229. The summed E-state index contributed by atoms with van der Waals surface area (Å²) >= 11 is 0. The molecule has 1 fully saturated rings. The molecule has 0 aromatic rings. The van der Waals surface area contributed by atoms with Crippen LogP contribution in [0.4, 0.5) is 0 Å². The quantitative estimate of drug-likeness (QED) is 0.636. The lowest BCUT2D eigenvalue weighted by molar-refractivity contribution is 0.126. The molecular weight excluding hydrogens is 178 g/mol. The maximum atomic E-state index is 11.3. The fourth-order valence-corrected chi connectivity index (χ4v) is 2.19. The molecule has 0 bridgehead atoms. The molecule has 0 aliphatic carbocycles. The van der Waals surface area contributed by atoms with E-state index in [0.29, 0.717) is 6.61 Å². The van der Waals surface area contributed by atoms with Gasteiger partial charge in [-0.15, -0.1) is 0 Å². The second-order valence-corrected chi connectivity index (χ2v) is 5.42. The van der Waals surface area contributed by atoms with Crippen LogP contribution >= 0.6 is 0 Å². The van der Waals surface area contributed by atoms with Gasteiger partial charge in [0, 0.05) is 20.7 Å². The van der Waals surface area contributed by atoms with Gasteiger partial charge in [-0.2, -0.15) is 0 Å². The van der Waals surface area contributed by atoms with Crippen molar-refractivity contribution in [3.63, 3.8) is 0 Å².